The van der Waals surface area contributed by atoms with Gasteiger partial charge >= 0.3 is 0 Å². The predicted octanol–water partition coefficient (Wildman–Crippen LogP) is -0.152. The van der Waals surface area contributed by atoms with Gasteiger partial charge in [0.25, 0.3) is 0 Å². The smallest absolute Gasteiger partial charge is 0.225 e. The highest BCUT2D eigenvalue weighted by molar-refractivity contribution is 5.78. The Kier molecular flexibility index (Phi) is 5.57. The Hall–Kier alpha value is -0.690. The minimum absolute atomic E-state index is 0.118. The van der Waals surface area contributed by atoms with E-state index in [9.17, 15) is 4.79 Å². The first kappa shape index (κ1) is 17.1. The van der Waals surface area contributed by atoms with Gasteiger partial charge in [-0.3, -0.25) is 14.6 Å². The van der Waals surface area contributed by atoms with Gasteiger partial charge < -0.3 is 15.0 Å². The maximum atomic E-state index is 12.0. The molecular formula is C17H32N4O2. The Morgan fingerprint density at radius 3 is 2.48 bits per heavy atom. The zero-order valence-electron chi connectivity index (χ0n) is 14.8. The molecule has 0 radical (unpaired) electrons. The molecule has 6 heteroatoms. The maximum absolute atomic E-state index is 12.0. The standard InChI is InChI=1S/C17H32N4O2/c1-13(2)17(22)21-6-4-20(5-7-21)15-10-19(11-15)12-16-9-18-8-14(3)23-16/h13-16,18H,4-12H2,1-3H3/t14-,16+/m1/s1. The third kappa shape index (κ3) is 4.24. The zero-order chi connectivity index (χ0) is 16.4. The summed E-state index contributed by atoms with van der Waals surface area (Å²) >= 11 is 0. The average molecular weight is 324 g/mol. The SMILES string of the molecule is CC(C)C(=O)N1CCN(C2CN(C[C@@H]3CNC[C@@H](C)O3)C2)CC1. The van der Waals surface area contributed by atoms with Gasteiger partial charge in [-0.15, -0.1) is 0 Å². The van der Waals surface area contributed by atoms with Crippen molar-refractivity contribution in [2.45, 2.75) is 39.0 Å². The van der Waals surface area contributed by atoms with Crippen molar-refractivity contribution in [1.82, 2.24) is 20.0 Å². The summed E-state index contributed by atoms with van der Waals surface area (Å²) in [4.78, 5) is 19.1. The molecule has 3 aliphatic heterocycles. The number of carbonyl (C=O) groups is 1. The molecule has 0 saturated carbocycles. The van der Waals surface area contributed by atoms with E-state index in [4.69, 9.17) is 4.74 Å². The lowest BCUT2D eigenvalue weighted by Crippen LogP contribution is -2.65. The number of nitrogens with zero attached hydrogens (tertiary/aromatic N) is 3. The maximum Gasteiger partial charge on any atom is 0.225 e. The fourth-order valence-electron chi connectivity index (χ4n) is 3.86. The van der Waals surface area contributed by atoms with E-state index in [0.29, 0.717) is 24.2 Å². The molecular weight excluding hydrogens is 292 g/mol. The van der Waals surface area contributed by atoms with Crippen molar-refractivity contribution in [3.8, 4) is 0 Å². The van der Waals surface area contributed by atoms with Crippen molar-refractivity contribution in [2.75, 3.05) is 58.9 Å². The summed E-state index contributed by atoms with van der Waals surface area (Å²) in [6.07, 6.45) is 0.664. The van der Waals surface area contributed by atoms with Crippen molar-refractivity contribution >= 4 is 5.91 Å². The summed E-state index contributed by atoms with van der Waals surface area (Å²) in [5.74, 6) is 0.420. The van der Waals surface area contributed by atoms with E-state index in [0.717, 1.165) is 58.9 Å². The van der Waals surface area contributed by atoms with Gasteiger partial charge in [-0.05, 0) is 6.92 Å². The molecule has 1 N–H and O–H groups in total. The highest BCUT2D eigenvalue weighted by Crippen LogP contribution is 2.19. The molecule has 0 bridgehead atoms. The van der Waals surface area contributed by atoms with Crippen molar-refractivity contribution in [1.29, 1.82) is 0 Å². The van der Waals surface area contributed by atoms with Crippen LogP contribution in [0.4, 0.5) is 0 Å². The van der Waals surface area contributed by atoms with Gasteiger partial charge in [0.2, 0.25) is 5.91 Å². The molecule has 0 aromatic rings. The lowest BCUT2D eigenvalue weighted by Gasteiger charge is -2.49. The van der Waals surface area contributed by atoms with Crippen molar-refractivity contribution in [2.24, 2.45) is 5.92 Å². The third-order valence-electron chi connectivity index (χ3n) is 5.26. The topological polar surface area (TPSA) is 48.1 Å². The summed E-state index contributed by atoms with van der Waals surface area (Å²) in [5, 5.41) is 3.44. The summed E-state index contributed by atoms with van der Waals surface area (Å²) < 4.78 is 5.97. The Labute approximate surface area is 140 Å². The van der Waals surface area contributed by atoms with Gasteiger partial charge in [0, 0.05) is 70.9 Å². The van der Waals surface area contributed by atoms with Crippen molar-refractivity contribution < 1.29 is 9.53 Å². The van der Waals surface area contributed by atoms with Crippen LogP contribution in [-0.2, 0) is 9.53 Å². The van der Waals surface area contributed by atoms with Crippen LogP contribution < -0.4 is 5.32 Å². The molecule has 3 rings (SSSR count). The van der Waals surface area contributed by atoms with Gasteiger partial charge in [-0.2, -0.15) is 0 Å². The Morgan fingerprint density at radius 1 is 1.17 bits per heavy atom. The van der Waals surface area contributed by atoms with E-state index in [-0.39, 0.29) is 5.92 Å². The van der Waals surface area contributed by atoms with E-state index < -0.39 is 0 Å². The predicted molar refractivity (Wildman–Crippen MR) is 90.4 cm³/mol. The molecule has 0 aromatic carbocycles. The molecule has 23 heavy (non-hydrogen) atoms. The van der Waals surface area contributed by atoms with Crippen LogP contribution in [0.3, 0.4) is 0 Å². The van der Waals surface area contributed by atoms with Crippen LogP contribution in [0.2, 0.25) is 0 Å². The van der Waals surface area contributed by atoms with E-state index in [2.05, 4.69) is 22.0 Å². The second-order valence-corrected chi connectivity index (χ2v) is 7.62. The molecule has 132 valence electrons. The van der Waals surface area contributed by atoms with E-state index >= 15 is 0 Å². The molecule has 0 unspecified atom stereocenters. The second kappa shape index (κ2) is 7.47. The third-order valence-corrected chi connectivity index (χ3v) is 5.26. The minimum Gasteiger partial charge on any atom is -0.371 e. The van der Waals surface area contributed by atoms with Crippen LogP contribution in [0.1, 0.15) is 20.8 Å². The highest BCUT2D eigenvalue weighted by atomic mass is 16.5. The zero-order valence-corrected chi connectivity index (χ0v) is 14.8. The lowest BCUT2D eigenvalue weighted by atomic mass is 10.0. The number of piperazine rings is 1. The number of nitrogens with one attached hydrogen (secondary N) is 1. The fraction of sp³-hybridized carbons (Fsp3) is 0.941. The minimum atomic E-state index is 0.118. The molecule has 3 aliphatic rings. The second-order valence-electron chi connectivity index (χ2n) is 7.62. The van der Waals surface area contributed by atoms with E-state index in [1.54, 1.807) is 0 Å². The molecule has 0 aliphatic carbocycles. The van der Waals surface area contributed by atoms with Crippen molar-refractivity contribution in [3.05, 3.63) is 0 Å². The first-order valence-electron chi connectivity index (χ1n) is 9.14. The molecule has 0 spiro atoms. The Balaban J connectivity index is 1.35. The Bertz CT molecular complexity index is 403. The van der Waals surface area contributed by atoms with Gasteiger partial charge in [0.1, 0.15) is 0 Å². The number of morpholine rings is 1. The summed E-state index contributed by atoms with van der Waals surface area (Å²) in [5.41, 5.74) is 0. The van der Waals surface area contributed by atoms with E-state index in [1.165, 1.54) is 0 Å². The number of carbonyl (C=O) groups excluding carboxylic acids is 1. The van der Waals surface area contributed by atoms with Crippen LogP contribution in [0.5, 0.6) is 0 Å². The summed E-state index contributed by atoms with van der Waals surface area (Å²) in [6, 6.07) is 0.667. The number of amides is 1. The summed E-state index contributed by atoms with van der Waals surface area (Å²) in [6.45, 7) is 15.2. The number of hydrogen-bond donors (Lipinski definition) is 1. The molecule has 2 atom stereocenters. The molecule has 3 heterocycles. The van der Waals surface area contributed by atoms with Crippen LogP contribution in [0.25, 0.3) is 0 Å². The normalized spacial score (nSPS) is 31.4. The van der Waals surface area contributed by atoms with Gasteiger partial charge in [-0.1, -0.05) is 13.8 Å². The lowest BCUT2D eigenvalue weighted by molar-refractivity contribution is -0.137. The summed E-state index contributed by atoms with van der Waals surface area (Å²) in [7, 11) is 0. The van der Waals surface area contributed by atoms with E-state index in [1.807, 2.05) is 18.7 Å². The molecule has 0 aromatic heterocycles. The van der Waals surface area contributed by atoms with Crippen LogP contribution in [0, 0.1) is 5.92 Å². The average Bonchev–Trinajstić information content (AvgIpc) is 2.50. The van der Waals surface area contributed by atoms with Crippen molar-refractivity contribution in [3.63, 3.8) is 0 Å². The first-order chi connectivity index (χ1) is 11.0. The first-order valence-corrected chi connectivity index (χ1v) is 9.14. The number of ether oxygens (including phenoxy) is 1. The number of hydrogen-bond acceptors (Lipinski definition) is 5. The molecule has 3 fully saturated rings. The van der Waals surface area contributed by atoms with Gasteiger partial charge in [0.15, 0.2) is 0 Å². The Morgan fingerprint density at radius 2 is 1.87 bits per heavy atom. The van der Waals surface area contributed by atoms with Crippen LogP contribution in [0.15, 0.2) is 0 Å². The number of likely N-dealkylation sites (tertiary alicyclic amines) is 1. The van der Waals surface area contributed by atoms with Crippen LogP contribution in [-0.4, -0.2) is 97.8 Å². The molecule has 3 saturated heterocycles. The quantitative estimate of drug-likeness (QED) is 0.779. The number of rotatable bonds is 4. The van der Waals surface area contributed by atoms with Crippen LogP contribution >= 0.6 is 0 Å². The largest absolute Gasteiger partial charge is 0.371 e. The van der Waals surface area contributed by atoms with Gasteiger partial charge in [-0.25, -0.2) is 0 Å². The van der Waals surface area contributed by atoms with Gasteiger partial charge in [0.05, 0.1) is 12.2 Å². The molecule has 6 nitrogen and oxygen atoms in total. The monoisotopic (exact) mass is 324 g/mol. The molecule has 1 amide bonds. The fourth-order valence-corrected chi connectivity index (χ4v) is 3.86. The highest BCUT2D eigenvalue weighted by Gasteiger charge is 2.35.